The minimum Gasteiger partial charge on any atom is -0.348 e. The summed E-state index contributed by atoms with van der Waals surface area (Å²) in [6, 6.07) is 2.32. The van der Waals surface area contributed by atoms with E-state index in [1.807, 2.05) is 13.8 Å². The average molecular weight is 271 g/mol. The van der Waals surface area contributed by atoms with Crippen molar-refractivity contribution < 1.29 is 4.79 Å². The van der Waals surface area contributed by atoms with Crippen molar-refractivity contribution in [2.75, 3.05) is 32.1 Å². The van der Waals surface area contributed by atoms with Gasteiger partial charge < -0.3 is 4.90 Å². The van der Waals surface area contributed by atoms with E-state index in [-0.39, 0.29) is 5.91 Å². The van der Waals surface area contributed by atoms with Crippen LogP contribution in [0.25, 0.3) is 0 Å². The van der Waals surface area contributed by atoms with Crippen LogP contribution in [0.1, 0.15) is 33.1 Å². The van der Waals surface area contributed by atoms with Crippen LogP contribution >= 0.6 is 11.8 Å². The molecule has 0 aromatic carbocycles. The summed E-state index contributed by atoms with van der Waals surface area (Å²) in [4.78, 5) is 12.9. The standard InChI is InChI=1S/C13H25N3OS/c1-5-15-13(2,11-14)8-6-7-9-18-10-12(17)16(3)4/h15H,5-10H2,1-4H3. The molecule has 1 amide bonds. The van der Waals surface area contributed by atoms with Crippen molar-refractivity contribution in [3.05, 3.63) is 0 Å². The van der Waals surface area contributed by atoms with Crippen molar-refractivity contribution in [2.45, 2.75) is 38.6 Å². The van der Waals surface area contributed by atoms with Crippen LogP contribution in [0.5, 0.6) is 0 Å². The Morgan fingerprint density at radius 1 is 1.44 bits per heavy atom. The van der Waals surface area contributed by atoms with Crippen molar-refractivity contribution >= 4 is 17.7 Å². The maximum absolute atomic E-state index is 11.3. The lowest BCUT2D eigenvalue weighted by atomic mass is 9.97. The van der Waals surface area contributed by atoms with Crippen molar-refractivity contribution in [3.63, 3.8) is 0 Å². The molecule has 0 rings (SSSR count). The van der Waals surface area contributed by atoms with Crippen LogP contribution in [0.3, 0.4) is 0 Å². The highest BCUT2D eigenvalue weighted by Crippen LogP contribution is 2.14. The first kappa shape index (κ1) is 17.3. The number of nitrogens with one attached hydrogen (secondary N) is 1. The van der Waals surface area contributed by atoms with Crippen LogP contribution < -0.4 is 5.32 Å². The fraction of sp³-hybridized carbons (Fsp3) is 0.846. The molecule has 0 bridgehead atoms. The fourth-order valence-corrected chi connectivity index (χ4v) is 2.53. The average Bonchev–Trinajstić information content (AvgIpc) is 2.33. The van der Waals surface area contributed by atoms with Gasteiger partial charge in [-0.25, -0.2) is 0 Å². The number of hydrogen-bond donors (Lipinski definition) is 1. The van der Waals surface area contributed by atoms with E-state index in [1.54, 1.807) is 30.8 Å². The van der Waals surface area contributed by atoms with E-state index in [0.717, 1.165) is 31.6 Å². The van der Waals surface area contributed by atoms with Crippen molar-refractivity contribution in [1.29, 1.82) is 5.26 Å². The number of hydrogen-bond acceptors (Lipinski definition) is 4. The number of unbranched alkanes of at least 4 members (excludes halogenated alkanes) is 1. The van der Waals surface area contributed by atoms with Crippen molar-refractivity contribution in [2.24, 2.45) is 0 Å². The summed E-state index contributed by atoms with van der Waals surface area (Å²) in [5.74, 6) is 1.69. The number of nitrogens with zero attached hydrogens (tertiary/aromatic N) is 2. The monoisotopic (exact) mass is 271 g/mol. The number of thioether (sulfide) groups is 1. The van der Waals surface area contributed by atoms with Gasteiger partial charge in [-0.2, -0.15) is 17.0 Å². The van der Waals surface area contributed by atoms with Gasteiger partial charge in [0.05, 0.1) is 11.8 Å². The van der Waals surface area contributed by atoms with Gasteiger partial charge in [0.25, 0.3) is 0 Å². The molecule has 0 heterocycles. The highest BCUT2D eigenvalue weighted by atomic mass is 32.2. The molecule has 0 saturated heterocycles. The number of carbonyl (C=O) groups is 1. The summed E-state index contributed by atoms with van der Waals surface area (Å²) in [7, 11) is 3.55. The lowest BCUT2D eigenvalue weighted by Gasteiger charge is -2.22. The van der Waals surface area contributed by atoms with Gasteiger partial charge in [-0.05, 0) is 38.5 Å². The van der Waals surface area contributed by atoms with E-state index >= 15 is 0 Å². The molecule has 1 unspecified atom stereocenters. The van der Waals surface area contributed by atoms with Crippen LogP contribution in [0.4, 0.5) is 0 Å². The molecule has 1 N–H and O–H groups in total. The molecule has 0 aromatic rings. The molecule has 1 atom stereocenters. The summed E-state index contributed by atoms with van der Waals surface area (Å²) >= 11 is 1.67. The summed E-state index contributed by atoms with van der Waals surface area (Å²) < 4.78 is 0. The molecule has 18 heavy (non-hydrogen) atoms. The lowest BCUT2D eigenvalue weighted by molar-refractivity contribution is -0.125. The summed E-state index contributed by atoms with van der Waals surface area (Å²) in [6.45, 7) is 4.77. The topological polar surface area (TPSA) is 56.1 Å². The number of rotatable bonds is 9. The summed E-state index contributed by atoms with van der Waals surface area (Å²) in [5, 5.41) is 12.3. The molecule has 4 nitrogen and oxygen atoms in total. The highest BCUT2D eigenvalue weighted by molar-refractivity contribution is 7.99. The molecule has 0 fully saturated rings. The molecular weight excluding hydrogens is 246 g/mol. The molecule has 5 heteroatoms. The van der Waals surface area contributed by atoms with Gasteiger partial charge in [-0.3, -0.25) is 10.1 Å². The Morgan fingerprint density at radius 2 is 2.11 bits per heavy atom. The first-order chi connectivity index (χ1) is 8.45. The van der Waals surface area contributed by atoms with Gasteiger partial charge in [0.15, 0.2) is 0 Å². The molecule has 0 aromatic heterocycles. The summed E-state index contributed by atoms with van der Waals surface area (Å²) in [6.07, 6.45) is 2.92. The molecule has 0 spiro atoms. The second-order valence-corrected chi connectivity index (χ2v) is 5.88. The van der Waals surface area contributed by atoms with E-state index in [1.165, 1.54) is 0 Å². The molecule has 0 aliphatic rings. The zero-order valence-corrected chi connectivity index (χ0v) is 12.8. The number of amides is 1. The first-order valence-electron chi connectivity index (χ1n) is 6.39. The Labute approximate surface area is 115 Å². The lowest BCUT2D eigenvalue weighted by Crippen LogP contribution is -2.40. The van der Waals surface area contributed by atoms with Gasteiger partial charge in [0.1, 0.15) is 5.54 Å². The van der Waals surface area contributed by atoms with Gasteiger partial charge >= 0.3 is 0 Å². The van der Waals surface area contributed by atoms with Gasteiger partial charge in [-0.15, -0.1) is 0 Å². The smallest absolute Gasteiger partial charge is 0.232 e. The van der Waals surface area contributed by atoms with E-state index in [4.69, 9.17) is 5.26 Å². The zero-order valence-electron chi connectivity index (χ0n) is 12.0. The predicted molar refractivity (Wildman–Crippen MR) is 77.6 cm³/mol. The predicted octanol–water partition coefficient (Wildman–Crippen LogP) is 1.87. The second-order valence-electron chi connectivity index (χ2n) is 4.77. The second kappa shape index (κ2) is 9.23. The van der Waals surface area contributed by atoms with E-state index in [2.05, 4.69) is 11.4 Å². The maximum Gasteiger partial charge on any atom is 0.232 e. The molecule has 0 aliphatic carbocycles. The number of nitriles is 1. The Balaban J connectivity index is 3.62. The van der Waals surface area contributed by atoms with Gasteiger partial charge in [-0.1, -0.05) is 6.92 Å². The third-order valence-electron chi connectivity index (χ3n) is 2.75. The molecule has 0 saturated carbocycles. The minimum absolute atomic E-state index is 0.162. The number of carbonyl (C=O) groups excluding carboxylic acids is 1. The SMILES string of the molecule is CCNC(C)(C#N)CCCCSCC(=O)N(C)C. The molecule has 0 aliphatic heterocycles. The van der Waals surface area contributed by atoms with E-state index < -0.39 is 5.54 Å². The fourth-order valence-electron chi connectivity index (χ4n) is 1.55. The minimum atomic E-state index is -0.404. The van der Waals surface area contributed by atoms with E-state index in [0.29, 0.717) is 5.75 Å². The Hall–Kier alpha value is -0.730. The van der Waals surface area contributed by atoms with Gasteiger partial charge in [0, 0.05) is 14.1 Å². The third kappa shape index (κ3) is 7.57. The maximum atomic E-state index is 11.3. The zero-order chi connectivity index (χ0) is 14.0. The van der Waals surface area contributed by atoms with E-state index in [9.17, 15) is 4.79 Å². The van der Waals surface area contributed by atoms with Crippen LogP contribution in [0.15, 0.2) is 0 Å². The van der Waals surface area contributed by atoms with Crippen LogP contribution in [0.2, 0.25) is 0 Å². The Bertz CT molecular complexity index is 288. The molecule has 104 valence electrons. The highest BCUT2D eigenvalue weighted by Gasteiger charge is 2.20. The Kier molecular flexibility index (Phi) is 8.86. The summed E-state index contributed by atoms with van der Waals surface area (Å²) in [5.41, 5.74) is -0.404. The molecular formula is C13H25N3OS. The largest absolute Gasteiger partial charge is 0.348 e. The normalized spacial score (nSPS) is 13.7. The molecule has 0 radical (unpaired) electrons. The quantitative estimate of drug-likeness (QED) is 0.650. The third-order valence-corrected chi connectivity index (χ3v) is 3.78. The van der Waals surface area contributed by atoms with Crippen LogP contribution in [-0.2, 0) is 4.79 Å². The van der Waals surface area contributed by atoms with Gasteiger partial charge in [0.2, 0.25) is 5.91 Å². The van der Waals surface area contributed by atoms with Crippen molar-refractivity contribution in [1.82, 2.24) is 10.2 Å². The van der Waals surface area contributed by atoms with Crippen molar-refractivity contribution in [3.8, 4) is 6.07 Å². The van der Waals surface area contributed by atoms with Crippen LogP contribution in [-0.4, -0.2) is 48.5 Å². The van der Waals surface area contributed by atoms with Crippen LogP contribution in [0, 0.1) is 11.3 Å². The first-order valence-corrected chi connectivity index (χ1v) is 7.55. The Morgan fingerprint density at radius 3 is 2.61 bits per heavy atom.